The Morgan fingerprint density at radius 2 is 1.92 bits per heavy atom. The number of halogens is 1. The van der Waals surface area contributed by atoms with Crippen LogP contribution in [0.1, 0.15) is 12.6 Å². The highest BCUT2D eigenvalue weighted by Gasteiger charge is 2.12. The molecule has 0 fully saturated rings. The van der Waals surface area contributed by atoms with Crippen LogP contribution in [0, 0.1) is 0 Å². The zero-order chi connectivity index (χ0) is 18.2. The lowest BCUT2D eigenvalue weighted by Crippen LogP contribution is -2.42. The molecule has 0 spiro atoms. The molecule has 144 valence electrons. The second-order valence-corrected chi connectivity index (χ2v) is 5.97. The Kier molecular flexibility index (Phi) is 9.32. The molecule has 26 heavy (non-hydrogen) atoms. The van der Waals surface area contributed by atoms with Gasteiger partial charge in [0.15, 0.2) is 17.5 Å². The average Bonchev–Trinajstić information content (AvgIpc) is 3.00. The van der Waals surface area contributed by atoms with E-state index in [1.165, 1.54) is 5.69 Å². The van der Waals surface area contributed by atoms with Crippen LogP contribution >= 0.6 is 24.0 Å². The summed E-state index contributed by atoms with van der Waals surface area (Å²) in [4.78, 5) is 6.44. The fourth-order valence-electron chi connectivity index (χ4n) is 2.57. The third kappa shape index (κ3) is 6.12. The van der Waals surface area contributed by atoms with E-state index in [4.69, 9.17) is 9.47 Å². The maximum absolute atomic E-state index is 5.97. The number of hydrogen-bond acceptors (Lipinski definition) is 3. The number of aryl methyl sites for hydroxylation is 1. The Hall–Kier alpha value is -1.90. The van der Waals surface area contributed by atoms with Gasteiger partial charge >= 0.3 is 0 Å². The summed E-state index contributed by atoms with van der Waals surface area (Å²) in [5, 5.41) is 3.36. The molecule has 0 amide bonds. The van der Waals surface area contributed by atoms with Gasteiger partial charge in [-0.25, -0.2) is 0 Å². The molecule has 0 aliphatic heterocycles. The van der Waals surface area contributed by atoms with Gasteiger partial charge in [-0.05, 0) is 31.2 Å². The fraction of sp³-hybridized carbons (Fsp3) is 0.421. The number of para-hydroxylation sites is 2. The summed E-state index contributed by atoms with van der Waals surface area (Å²) < 4.78 is 13.4. The van der Waals surface area contributed by atoms with Crippen LogP contribution in [0.5, 0.6) is 11.5 Å². The second-order valence-electron chi connectivity index (χ2n) is 5.97. The summed E-state index contributed by atoms with van der Waals surface area (Å²) in [6.07, 6.45) is 2.01. The molecule has 2 rings (SSSR count). The van der Waals surface area contributed by atoms with Crippen molar-refractivity contribution in [2.24, 2.45) is 12.0 Å². The Balaban J connectivity index is 0.00000338. The minimum absolute atomic E-state index is 0. The maximum atomic E-state index is 5.97. The highest BCUT2D eigenvalue weighted by Crippen LogP contribution is 2.26. The molecule has 2 aromatic rings. The predicted molar refractivity (Wildman–Crippen MR) is 117 cm³/mol. The summed E-state index contributed by atoms with van der Waals surface area (Å²) >= 11 is 0. The molecule has 0 aliphatic carbocycles. The van der Waals surface area contributed by atoms with Crippen LogP contribution in [0.3, 0.4) is 0 Å². The molecule has 1 aromatic carbocycles. The molecule has 0 aliphatic rings. The number of benzene rings is 1. The first-order valence-electron chi connectivity index (χ1n) is 8.36. The van der Waals surface area contributed by atoms with Gasteiger partial charge in [0.25, 0.3) is 0 Å². The number of methoxy groups -OCH3 is 1. The number of aromatic nitrogens is 1. The third-order valence-electron chi connectivity index (χ3n) is 3.97. The van der Waals surface area contributed by atoms with E-state index in [2.05, 4.69) is 25.8 Å². The minimum atomic E-state index is -0.0310. The summed E-state index contributed by atoms with van der Waals surface area (Å²) in [7, 11) is 7.50. The molecule has 0 radical (unpaired) electrons. The van der Waals surface area contributed by atoms with Crippen LogP contribution in [0.15, 0.2) is 47.6 Å². The monoisotopic (exact) mass is 472 g/mol. The Bertz CT molecular complexity index is 702. The van der Waals surface area contributed by atoms with E-state index in [1.807, 2.05) is 57.5 Å². The van der Waals surface area contributed by atoms with Crippen LogP contribution in [0.25, 0.3) is 0 Å². The molecule has 0 saturated heterocycles. The molecule has 1 heterocycles. The SMILES string of the molecule is CN=C(NCC(C)Oc1ccccc1OC)N(C)Cc1cccn1C.I. The molecule has 1 atom stereocenters. The second kappa shape index (κ2) is 10.9. The van der Waals surface area contributed by atoms with Gasteiger partial charge in [-0.1, -0.05) is 12.1 Å². The van der Waals surface area contributed by atoms with Crippen LogP contribution in [-0.4, -0.2) is 49.3 Å². The van der Waals surface area contributed by atoms with Crippen molar-refractivity contribution in [3.05, 3.63) is 48.3 Å². The van der Waals surface area contributed by atoms with Gasteiger partial charge in [-0.15, -0.1) is 24.0 Å². The van der Waals surface area contributed by atoms with E-state index < -0.39 is 0 Å². The fourth-order valence-corrected chi connectivity index (χ4v) is 2.57. The summed E-state index contributed by atoms with van der Waals surface area (Å²) in [5.41, 5.74) is 1.23. The van der Waals surface area contributed by atoms with E-state index in [9.17, 15) is 0 Å². The van der Waals surface area contributed by atoms with Crippen LogP contribution in [0.4, 0.5) is 0 Å². The third-order valence-corrected chi connectivity index (χ3v) is 3.97. The highest BCUT2D eigenvalue weighted by molar-refractivity contribution is 14.0. The van der Waals surface area contributed by atoms with Crippen molar-refractivity contribution >= 4 is 29.9 Å². The maximum Gasteiger partial charge on any atom is 0.193 e. The summed E-state index contributed by atoms with van der Waals surface area (Å²) in [6, 6.07) is 11.8. The minimum Gasteiger partial charge on any atom is -0.493 e. The van der Waals surface area contributed by atoms with Crippen molar-refractivity contribution in [1.82, 2.24) is 14.8 Å². The van der Waals surface area contributed by atoms with Crippen LogP contribution in [0.2, 0.25) is 0 Å². The Morgan fingerprint density at radius 1 is 1.23 bits per heavy atom. The molecule has 0 bridgehead atoms. The first-order valence-corrected chi connectivity index (χ1v) is 8.36. The van der Waals surface area contributed by atoms with Crippen LogP contribution < -0.4 is 14.8 Å². The Labute approximate surface area is 173 Å². The van der Waals surface area contributed by atoms with Crippen molar-refractivity contribution in [3.8, 4) is 11.5 Å². The van der Waals surface area contributed by atoms with Gasteiger partial charge < -0.3 is 24.3 Å². The van der Waals surface area contributed by atoms with E-state index >= 15 is 0 Å². The molecule has 1 aromatic heterocycles. The first kappa shape index (κ1) is 22.1. The van der Waals surface area contributed by atoms with Gasteiger partial charge in [0, 0.05) is 33.0 Å². The number of guanidine groups is 1. The summed E-state index contributed by atoms with van der Waals surface area (Å²) in [6.45, 7) is 3.44. The van der Waals surface area contributed by atoms with Gasteiger partial charge in [-0.2, -0.15) is 0 Å². The Morgan fingerprint density at radius 3 is 2.50 bits per heavy atom. The van der Waals surface area contributed by atoms with Crippen molar-refractivity contribution in [3.63, 3.8) is 0 Å². The zero-order valence-electron chi connectivity index (χ0n) is 16.1. The van der Waals surface area contributed by atoms with Crippen molar-refractivity contribution in [2.75, 3.05) is 27.7 Å². The van der Waals surface area contributed by atoms with Crippen LogP contribution in [-0.2, 0) is 13.6 Å². The lowest BCUT2D eigenvalue weighted by Gasteiger charge is -2.24. The van der Waals surface area contributed by atoms with E-state index in [-0.39, 0.29) is 30.1 Å². The highest BCUT2D eigenvalue weighted by atomic mass is 127. The van der Waals surface area contributed by atoms with E-state index in [1.54, 1.807) is 14.2 Å². The topological polar surface area (TPSA) is 51.0 Å². The molecular weight excluding hydrogens is 443 g/mol. The zero-order valence-corrected chi connectivity index (χ0v) is 18.4. The van der Waals surface area contributed by atoms with Crippen molar-refractivity contribution < 1.29 is 9.47 Å². The number of rotatable bonds is 7. The number of ether oxygens (including phenoxy) is 2. The smallest absolute Gasteiger partial charge is 0.193 e. The van der Waals surface area contributed by atoms with E-state index in [0.717, 1.165) is 24.0 Å². The number of nitrogens with one attached hydrogen (secondary N) is 1. The molecule has 6 nitrogen and oxygen atoms in total. The quantitative estimate of drug-likeness (QED) is 0.382. The van der Waals surface area contributed by atoms with Crippen molar-refractivity contribution in [2.45, 2.75) is 19.6 Å². The molecule has 1 N–H and O–H groups in total. The number of nitrogens with zero attached hydrogens (tertiary/aromatic N) is 3. The van der Waals surface area contributed by atoms with Gasteiger partial charge in [-0.3, -0.25) is 4.99 Å². The lowest BCUT2D eigenvalue weighted by molar-refractivity contribution is 0.212. The predicted octanol–water partition coefficient (Wildman–Crippen LogP) is 3.13. The van der Waals surface area contributed by atoms with Crippen molar-refractivity contribution in [1.29, 1.82) is 0 Å². The summed E-state index contributed by atoms with van der Waals surface area (Å²) in [5.74, 6) is 2.31. The molecule has 0 saturated carbocycles. The molecular formula is C19H29IN4O2. The molecule has 1 unspecified atom stereocenters. The first-order chi connectivity index (χ1) is 12.0. The van der Waals surface area contributed by atoms with Gasteiger partial charge in [0.2, 0.25) is 0 Å². The largest absolute Gasteiger partial charge is 0.493 e. The van der Waals surface area contributed by atoms with Gasteiger partial charge in [0.05, 0.1) is 20.2 Å². The number of hydrogen-bond donors (Lipinski definition) is 1. The molecule has 7 heteroatoms. The standard InChI is InChI=1S/C19H28N4O2.HI/c1-15(25-18-11-7-6-10-17(18)24-5)13-21-19(20-2)23(4)14-16-9-8-12-22(16)3;/h6-12,15H,13-14H2,1-5H3,(H,20,21);1H. The lowest BCUT2D eigenvalue weighted by atomic mass is 10.3. The normalized spacial score (nSPS) is 12.1. The van der Waals surface area contributed by atoms with Gasteiger partial charge in [0.1, 0.15) is 6.10 Å². The number of aliphatic imine (C=N–C) groups is 1. The van der Waals surface area contributed by atoms with E-state index in [0.29, 0.717) is 6.54 Å². The average molecular weight is 472 g/mol.